The number of rotatable bonds is 14. The number of carbonyl (C=O) groups excluding carboxylic acids is 2. The van der Waals surface area contributed by atoms with Crippen LogP contribution in [0.5, 0.6) is 0 Å². The first-order chi connectivity index (χ1) is 12.4. The maximum absolute atomic E-state index is 12.1. The van der Waals surface area contributed by atoms with Gasteiger partial charge >= 0.3 is 11.9 Å². The quantitative estimate of drug-likeness (QED) is 0.181. The molecular weight excluding hydrogens is 384 g/mol. The number of hydrogen-bond acceptors (Lipinski definition) is 10. The Bertz CT molecular complexity index is 412. The molecule has 0 aromatic rings. The Hall–Kier alpha value is -0.940. The van der Waals surface area contributed by atoms with Crippen LogP contribution in [0.15, 0.2) is 0 Å². The van der Waals surface area contributed by atoms with Crippen molar-refractivity contribution in [1.29, 1.82) is 0 Å². The zero-order valence-corrected chi connectivity index (χ0v) is 17.4. The van der Waals surface area contributed by atoms with Gasteiger partial charge in [-0.3, -0.25) is 0 Å². The lowest BCUT2D eigenvalue weighted by molar-refractivity contribution is -0.157. The van der Waals surface area contributed by atoms with E-state index in [1.54, 1.807) is 21.0 Å². The molecule has 8 nitrogen and oxygen atoms in total. The van der Waals surface area contributed by atoms with Gasteiger partial charge in [-0.15, -0.1) is 0 Å². The van der Waals surface area contributed by atoms with Crippen LogP contribution >= 0.6 is 24.0 Å². The van der Waals surface area contributed by atoms with Gasteiger partial charge in [-0.1, -0.05) is 0 Å². The highest BCUT2D eigenvalue weighted by atomic mass is 32.2. The third-order valence-corrected chi connectivity index (χ3v) is 4.26. The summed E-state index contributed by atoms with van der Waals surface area (Å²) >= 11 is 5.88. The Kier molecular flexibility index (Phi) is 14.6. The number of thioether (sulfide) groups is 1. The van der Waals surface area contributed by atoms with Gasteiger partial charge in [0.05, 0.1) is 46.2 Å². The Morgan fingerprint density at radius 1 is 0.846 bits per heavy atom. The van der Waals surface area contributed by atoms with Crippen LogP contribution in [0.25, 0.3) is 0 Å². The van der Waals surface area contributed by atoms with Gasteiger partial charge in [0.1, 0.15) is 6.61 Å². The van der Waals surface area contributed by atoms with Gasteiger partial charge in [-0.25, -0.2) is 9.59 Å². The molecule has 0 aromatic heterocycles. The second kappa shape index (κ2) is 15.2. The fourth-order valence-electron chi connectivity index (χ4n) is 1.55. The molecule has 0 saturated carbocycles. The predicted molar refractivity (Wildman–Crippen MR) is 101 cm³/mol. The summed E-state index contributed by atoms with van der Waals surface area (Å²) in [5.41, 5.74) is 0. The number of thiocarbonyl (C=S) groups is 1. The summed E-state index contributed by atoms with van der Waals surface area (Å²) in [4.78, 5) is 24.3. The van der Waals surface area contributed by atoms with E-state index in [0.29, 0.717) is 33.0 Å². The Balaban J connectivity index is 4.21. The molecule has 0 heterocycles. The first-order valence-electron chi connectivity index (χ1n) is 8.26. The monoisotopic (exact) mass is 412 g/mol. The lowest BCUT2D eigenvalue weighted by Gasteiger charge is -2.24. The molecule has 152 valence electrons. The van der Waals surface area contributed by atoms with Gasteiger partial charge in [0.25, 0.3) is 0 Å². The minimum Gasteiger partial charge on any atom is -0.476 e. The van der Waals surface area contributed by atoms with Crippen LogP contribution in [-0.2, 0) is 38.0 Å². The zero-order chi connectivity index (χ0) is 19.8. The van der Waals surface area contributed by atoms with Crippen molar-refractivity contribution in [3.05, 3.63) is 0 Å². The van der Waals surface area contributed by atoms with Crippen LogP contribution in [0.1, 0.15) is 20.8 Å². The molecule has 0 aliphatic carbocycles. The smallest absolute Gasteiger partial charge is 0.334 e. The topological polar surface area (TPSA) is 89.5 Å². The van der Waals surface area contributed by atoms with Crippen LogP contribution in [-0.4, -0.2) is 81.0 Å². The minimum absolute atomic E-state index is 0.0357. The first-order valence-corrected chi connectivity index (χ1v) is 9.49. The average molecular weight is 413 g/mol. The highest BCUT2D eigenvalue weighted by Crippen LogP contribution is 2.30. The Morgan fingerprint density at radius 3 is 1.77 bits per heavy atom. The number of methoxy groups -OCH3 is 1. The molecule has 0 fully saturated rings. The largest absolute Gasteiger partial charge is 0.476 e. The lowest BCUT2D eigenvalue weighted by Crippen LogP contribution is -2.44. The standard InChI is InChI=1S/C16H28O8S2/c1-5-22-13(17)16(3,14(18)23-6-2)26-15(25)24-12-11-21-10-9-20-8-7-19-4/h5-12H2,1-4H3. The molecule has 10 heteroatoms. The Morgan fingerprint density at radius 2 is 1.31 bits per heavy atom. The second-order valence-corrected chi connectivity index (χ2v) is 6.91. The highest BCUT2D eigenvalue weighted by molar-refractivity contribution is 8.24. The van der Waals surface area contributed by atoms with Crippen molar-refractivity contribution in [3.63, 3.8) is 0 Å². The molecule has 0 aliphatic heterocycles. The van der Waals surface area contributed by atoms with Gasteiger partial charge in [-0.05, 0) is 44.8 Å². The molecule has 0 saturated heterocycles. The molecule has 0 rings (SSSR count). The maximum atomic E-state index is 12.1. The third kappa shape index (κ3) is 10.3. The predicted octanol–water partition coefficient (Wildman–Crippen LogP) is 1.59. The fourth-order valence-corrected chi connectivity index (χ4v) is 2.89. The van der Waals surface area contributed by atoms with Crippen LogP contribution in [0.3, 0.4) is 0 Å². The van der Waals surface area contributed by atoms with Crippen molar-refractivity contribution in [2.24, 2.45) is 0 Å². The fraction of sp³-hybridized carbons (Fsp3) is 0.812. The van der Waals surface area contributed by atoms with E-state index in [-0.39, 0.29) is 24.2 Å². The molecule has 0 aliphatic rings. The molecule has 0 atom stereocenters. The normalized spacial score (nSPS) is 11.1. The Labute approximate surface area is 164 Å². The van der Waals surface area contributed by atoms with Crippen LogP contribution in [0.4, 0.5) is 0 Å². The molecule has 0 amide bonds. The number of hydrogen-bond donors (Lipinski definition) is 0. The average Bonchev–Trinajstić information content (AvgIpc) is 2.60. The van der Waals surface area contributed by atoms with Crippen LogP contribution in [0, 0.1) is 0 Å². The third-order valence-electron chi connectivity index (χ3n) is 2.87. The van der Waals surface area contributed by atoms with Gasteiger partial charge in [0.15, 0.2) is 0 Å². The van der Waals surface area contributed by atoms with Crippen LogP contribution < -0.4 is 0 Å². The number of ether oxygens (including phenoxy) is 6. The number of carbonyl (C=O) groups is 2. The van der Waals surface area contributed by atoms with E-state index in [1.165, 1.54) is 6.92 Å². The van der Waals surface area contributed by atoms with Crippen LogP contribution in [0.2, 0.25) is 0 Å². The maximum Gasteiger partial charge on any atom is 0.334 e. The molecule has 0 unspecified atom stereocenters. The zero-order valence-electron chi connectivity index (χ0n) is 15.7. The summed E-state index contributed by atoms with van der Waals surface area (Å²) in [7, 11) is 1.60. The van der Waals surface area contributed by atoms with E-state index < -0.39 is 16.7 Å². The van der Waals surface area contributed by atoms with Gasteiger partial charge < -0.3 is 28.4 Å². The molecule has 0 bridgehead atoms. The van der Waals surface area contributed by atoms with E-state index in [4.69, 9.17) is 40.6 Å². The van der Waals surface area contributed by atoms with Crippen molar-refractivity contribution in [2.45, 2.75) is 25.5 Å². The molecule has 0 N–H and O–H groups in total. The summed E-state index contributed by atoms with van der Waals surface area (Å²) < 4.78 is 29.1. The lowest BCUT2D eigenvalue weighted by atomic mass is 10.2. The molecular formula is C16H28O8S2. The first kappa shape index (κ1) is 25.1. The summed E-state index contributed by atoms with van der Waals surface area (Å²) in [5, 5.41) is 0. The second-order valence-electron chi connectivity index (χ2n) is 4.89. The summed E-state index contributed by atoms with van der Waals surface area (Å²) in [6, 6.07) is 0. The van der Waals surface area contributed by atoms with E-state index in [9.17, 15) is 9.59 Å². The summed E-state index contributed by atoms with van der Waals surface area (Å²) in [6.07, 6.45) is 0. The number of esters is 2. The molecule has 26 heavy (non-hydrogen) atoms. The van der Waals surface area contributed by atoms with E-state index in [1.807, 2.05) is 0 Å². The molecule has 0 radical (unpaired) electrons. The van der Waals surface area contributed by atoms with E-state index in [0.717, 1.165) is 11.8 Å². The molecule has 0 spiro atoms. The van der Waals surface area contributed by atoms with Crippen molar-refractivity contribution in [3.8, 4) is 0 Å². The van der Waals surface area contributed by atoms with Crippen molar-refractivity contribution in [2.75, 3.05) is 60.0 Å². The van der Waals surface area contributed by atoms with Gasteiger partial charge in [-0.2, -0.15) is 0 Å². The summed E-state index contributed by atoms with van der Waals surface area (Å²) in [5.74, 6) is -1.45. The minimum atomic E-state index is -1.61. The SMILES string of the molecule is CCOC(=O)C(C)(SC(=S)OCCOCCOCCOC)C(=O)OCC. The highest BCUT2D eigenvalue weighted by Gasteiger charge is 2.47. The van der Waals surface area contributed by atoms with E-state index >= 15 is 0 Å². The van der Waals surface area contributed by atoms with E-state index in [2.05, 4.69) is 0 Å². The summed E-state index contributed by atoms with van der Waals surface area (Å²) in [6.45, 7) is 7.38. The molecule has 0 aromatic carbocycles. The van der Waals surface area contributed by atoms with Gasteiger partial charge in [0, 0.05) is 7.11 Å². The van der Waals surface area contributed by atoms with Crippen molar-refractivity contribution in [1.82, 2.24) is 0 Å². The van der Waals surface area contributed by atoms with Crippen molar-refractivity contribution >= 4 is 40.3 Å². The van der Waals surface area contributed by atoms with Gasteiger partial charge in [0.2, 0.25) is 9.13 Å². The van der Waals surface area contributed by atoms with Crippen molar-refractivity contribution < 1.29 is 38.0 Å².